The van der Waals surface area contributed by atoms with E-state index in [2.05, 4.69) is 15.6 Å². The molecule has 0 saturated heterocycles. The highest BCUT2D eigenvalue weighted by Crippen LogP contribution is 2.13. The Kier molecular flexibility index (Phi) is 8.59. The maximum absolute atomic E-state index is 13.0. The highest BCUT2D eigenvalue weighted by molar-refractivity contribution is 7.13. The Hall–Kier alpha value is -2.32. The number of nitrogens with one attached hydrogen (secondary N) is 2. The SMILES string of the molecule is CC(Cl)C(=O)Nc1ccccc1F.O=CCC(=O)Nc1nccs1. The molecule has 128 valence electrons. The molecule has 6 nitrogen and oxygen atoms in total. The molecule has 24 heavy (non-hydrogen) atoms. The van der Waals surface area contributed by atoms with Gasteiger partial charge in [0.05, 0.1) is 12.1 Å². The zero-order chi connectivity index (χ0) is 17.9. The van der Waals surface area contributed by atoms with Crippen LogP contribution in [0.3, 0.4) is 0 Å². The van der Waals surface area contributed by atoms with Crippen molar-refractivity contribution < 1.29 is 18.8 Å². The lowest BCUT2D eigenvalue weighted by molar-refractivity contribution is -0.120. The number of hydrogen-bond acceptors (Lipinski definition) is 5. The van der Waals surface area contributed by atoms with Gasteiger partial charge in [-0.25, -0.2) is 9.37 Å². The van der Waals surface area contributed by atoms with Gasteiger partial charge in [-0.05, 0) is 19.1 Å². The molecule has 1 unspecified atom stereocenters. The van der Waals surface area contributed by atoms with Crippen LogP contribution in [0.25, 0.3) is 0 Å². The topological polar surface area (TPSA) is 88.2 Å². The molecule has 0 fully saturated rings. The van der Waals surface area contributed by atoms with Crippen LogP contribution >= 0.6 is 22.9 Å². The van der Waals surface area contributed by atoms with Gasteiger partial charge in [-0.2, -0.15) is 0 Å². The monoisotopic (exact) mass is 371 g/mol. The molecule has 1 aromatic heterocycles. The lowest BCUT2D eigenvalue weighted by Gasteiger charge is -2.06. The zero-order valence-corrected chi connectivity index (χ0v) is 14.2. The molecule has 0 aliphatic rings. The summed E-state index contributed by atoms with van der Waals surface area (Å²) in [5.41, 5.74) is 0.153. The number of hydrogen-bond donors (Lipinski definition) is 2. The van der Waals surface area contributed by atoms with Crippen molar-refractivity contribution in [2.45, 2.75) is 18.7 Å². The lowest BCUT2D eigenvalue weighted by atomic mass is 10.3. The molecular weight excluding hydrogens is 357 g/mol. The average Bonchev–Trinajstić information content (AvgIpc) is 3.03. The van der Waals surface area contributed by atoms with Crippen molar-refractivity contribution in [2.24, 2.45) is 0 Å². The molecule has 2 N–H and O–H groups in total. The molecule has 2 amide bonds. The number of carbonyl (C=O) groups is 3. The van der Waals surface area contributed by atoms with E-state index >= 15 is 0 Å². The number of rotatable bonds is 5. The van der Waals surface area contributed by atoms with Crippen molar-refractivity contribution in [3.05, 3.63) is 41.7 Å². The van der Waals surface area contributed by atoms with Gasteiger partial charge in [-0.3, -0.25) is 9.59 Å². The fraction of sp³-hybridized carbons (Fsp3) is 0.200. The predicted octanol–water partition coefficient (Wildman–Crippen LogP) is 3.06. The molecule has 9 heteroatoms. The van der Waals surface area contributed by atoms with Crippen LogP contribution in [-0.2, 0) is 14.4 Å². The van der Waals surface area contributed by atoms with Gasteiger partial charge in [0.15, 0.2) is 5.13 Å². The van der Waals surface area contributed by atoms with Crippen LogP contribution in [0.15, 0.2) is 35.8 Å². The van der Waals surface area contributed by atoms with Crippen molar-refractivity contribution in [1.29, 1.82) is 0 Å². The Morgan fingerprint density at radius 2 is 2.08 bits per heavy atom. The van der Waals surface area contributed by atoms with E-state index in [0.29, 0.717) is 11.4 Å². The normalized spacial score (nSPS) is 10.8. The Morgan fingerprint density at radius 3 is 2.62 bits per heavy atom. The number of para-hydroxylation sites is 1. The van der Waals surface area contributed by atoms with Gasteiger partial charge in [0.2, 0.25) is 11.8 Å². The fourth-order valence-corrected chi connectivity index (χ4v) is 1.93. The number of alkyl halides is 1. The van der Waals surface area contributed by atoms with Crippen LogP contribution in [0.5, 0.6) is 0 Å². The second kappa shape index (κ2) is 10.5. The minimum atomic E-state index is -0.667. The van der Waals surface area contributed by atoms with Crippen molar-refractivity contribution in [2.75, 3.05) is 10.6 Å². The fourth-order valence-electron chi connectivity index (χ4n) is 1.33. The van der Waals surface area contributed by atoms with Crippen LogP contribution in [0, 0.1) is 5.82 Å². The molecule has 2 rings (SSSR count). The van der Waals surface area contributed by atoms with E-state index in [1.807, 2.05) is 0 Å². The van der Waals surface area contributed by atoms with Crippen LogP contribution < -0.4 is 10.6 Å². The minimum absolute atomic E-state index is 0.112. The summed E-state index contributed by atoms with van der Waals surface area (Å²) in [5.74, 6) is -1.20. The standard InChI is InChI=1S/C9H9ClFNO.C6H6N2O2S/c1-6(10)9(13)12-8-5-3-2-4-7(8)11;9-3-1-5(10)8-6-7-2-4-11-6/h2-6H,1H3,(H,12,13);2-4H,1H2,(H,7,8,10). The molecule has 1 heterocycles. The van der Waals surface area contributed by atoms with Gasteiger partial charge in [0.25, 0.3) is 0 Å². The Labute approximate surface area is 147 Å². The minimum Gasteiger partial charge on any atom is -0.322 e. The van der Waals surface area contributed by atoms with Crippen LogP contribution in [0.1, 0.15) is 13.3 Å². The van der Waals surface area contributed by atoms with Crippen LogP contribution in [-0.4, -0.2) is 28.5 Å². The summed E-state index contributed by atoms with van der Waals surface area (Å²) in [7, 11) is 0. The number of nitrogens with zero attached hydrogens (tertiary/aromatic N) is 1. The molecule has 0 radical (unpaired) electrons. The highest BCUT2D eigenvalue weighted by Gasteiger charge is 2.10. The van der Waals surface area contributed by atoms with Gasteiger partial charge < -0.3 is 15.4 Å². The van der Waals surface area contributed by atoms with Crippen molar-refractivity contribution >= 4 is 51.9 Å². The summed E-state index contributed by atoms with van der Waals surface area (Å²) in [5, 5.41) is 6.43. The van der Waals surface area contributed by atoms with Gasteiger partial charge in [-0.15, -0.1) is 22.9 Å². The van der Waals surface area contributed by atoms with E-state index in [1.54, 1.807) is 23.7 Å². The van der Waals surface area contributed by atoms with E-state index in [0.717, 1.165) is 0 Å². The van der Waals surface area contributed by atoms with Gasteiger partial charge in [0, 0.05) is 11.6 Å². The molecule has 1 atom stereocenters. The third-order valence-corrected chi connectivity index (χ3v) is 3.33. The number of aromatic nitrogens is 1. The number of halogens is 2. The zero-order valence-electron chi connectivity index (χ0n) is 12.7. The maximum atomic E-state index is 13.0. The van der Waals surface area contributed by atoms with Gasteiger partial charge in [0.1, 0.15) is 17.5 Å². The van der Waals surface area contributed by atoms with E-state index in [-0.39, 0.29) is 18.0 Å². The van der Waals surface area contributed by atoms with E-state index in [4.69, 9.17) is 11.6 Å². The second-order valence-electron chi connectivity index (χ2n) is 4.34. The molecular formula is C15H15ClFN3O3S. The van der Waals surface area contributed by atoms with E-state index in [9.17, 15) is 18.8 Å². The van der Waals surface area contributed by atoms with E-state index < -0.39 is 17.1 Å². The summed E-state index contributed by atoms with van der Waals surface area (Å²) in [6.07, 6.45) is 2.03. The van der Waals surface area contributed by atoms with Crippen molar-refractivity contribution in [3.63, 3.8) is 0 Å². The first-order valence-electron chi connectivity index (χ1n) is 6.76. The number of aldehydes is 1. The molecule has 0 saturated carbocycles. The molecule has 0 bridgehead atoms. The molecule has 0 aliphatic heterocycles. The summed E-state index contributed by atoms with van der Waals surface area (Å²) >= 11 is 6.81. The first-order valence-corrected chi connectivity index (χ1v) is 8.08. The quantitative estimate of drug-likeness (QED) is 0.480. The Balaban J connectivity index is 0.000000243. The maximum Gasteiger partial charge on any atom is 0.242 e. The molecule has 0 aliphatic carbocycles. The van der Waals surface area contributed by atoms with Crippen LogP contribution in [0.2, 0.25) is 0 Å². The number of thiazole rings is 1. The largest absolute Gasteiger partial charge is 0.322 e. The molecule has 0 spiro atoms. The van der Waals surface area contributed by atoms with Crippen LogP contribution in [0.4, 0.5) is 15.2 Å². The number of carbonyl (C=O) groups excluding carboxylic acids is 3. The number of anilines is 2. The smallest absolute Gasteiger partial charge is 0.242 e. The summed E-state index contributed by atoms with van der Waals surface area (Å²) in [6.45, 7) is 1.53. The third kappa shape index (κ3) is 7.30. The second-order valence-corrected chi connectivity index (χ2v) is 5.89. The summed E-state index contributed by atoms with van der Waals surface area (Å²) < 4.78 is 13.0. The van der Waals surface area contributed by atoms with Gasteiger partial charge in [-0.1, -0.05) is 12.1 Å². The molecule has 2 aromatic rings. The first kappa shape index (κ1) is 19.7. The predicted molar refractivity (Wildman–Crippen MR) is 91.8 cm³/mol. The van der Waals surface area contributed by atoms with Crippen molar-refractivity contribution in [1.82, 2.24) is 4.98 Å². The Bertz CT molecular complexity index is 680. The Morgan fingerprint density at radius 1 is 1.38 bits per heavy atom. The van der Waals surface area contributed by atoms with Crippen molar-refractivity contribution in [3.8, 4) is 0 Å². The average molecular weight is 372 g/mol. The number of benzene rings is 1. The number of amides is 2. The summed E-state index contributed by atoms with van der Waals surface area (Å²) in [4.78, 5) is 35.5. The lowest BCUT2D eigenvalue weighted by Crippen LogP contribution is -2.20. The first-order chi connectivity index (χ1) is 11.4. The third-order valence-electron chi connectivity index (χ3n) is 2.44. The molecule has 1 aromatic carbocycles. The van der Waals surface area contributed by atoms with E-state index in [1.165, 1.54) is 30.4 Å². The highest BCUT2D eigenvalue weighted by atomic mass is 35.5. The van der Waals surface area contributed by atoms with Gasteiger partial charge >= 0.3 is 0 Å². The summed E-state index contributed by atoms with van der Waals surface area (Å²) in [6, 6.07) is 5.94.